The maximum Gasteiger partial charge on any atom is 0.433 e. The van der Waals surface area contributed by atoms with Crippen LogP contribution in [0.1, 0.15) is 22.5 Å². The minimum absolute atomic E-state index is 0.520. The second-order valence-corrected chi connectivity index (χ2v) is 4.93. The molecule has 0 spiro atoms. The minimum Gasteiger partial charge on any atom is -0.292 e. The van der Waals surface area contributed by atoms with E-state index < -0.39 is 11.9 Å². The second kappa shape index (κ2) is 4.95. The van der Waals surface area contributed by atoms with Crippen LogP contribution in [-0.4, -0.2) is 22.7 Å². The number of aromatic nitrogens is 2. The van der Waals surface area contributed by atoms with E-state index in [9.17, 15) is 13.2 Å². The van der Waals surface area contributed by atoms with E-state index in [2.05, 4.69) is 15.0 Å². The van der Waals surface area contributed by atoms with Crippen molar-refractivity contribution < 1.29 is 13.2 Å². The molecule has 1 aliphatic heterocycles. The number of alkyl halides is 3. The minimum atomic E-state index is -4.43. The number of hydrogen-bond acceptors (Lipinski definition) is 3. The molecule has 3 nitrogen and oxygen atoms in total. The maximum absolute atomic E-state index is 12.6. The van der Waals surface area contributed by atoms with Crippen LogP contribution in [0.2, 0.25) is 0 Å². The normalized spacial score (nSPS) is 14.1. The predicted octanol–water partition coefficient (Wildman–Crippen LogP) is 3.45. The number of aryl methyl sites for hydroxylation is 1. The summed E-state index contributed by atoms with van der Waals surface area (Å²) in [6.07, 6.45) is 1.04. The van der Waals surface area contributed by atoms with Gasteiger partial charge in [0.05, 0.1) is 5.69 Å². The van der Waals surface area contributed by atoms with Crippen LogP contribution in [0.25, 0.3) is 11.1 Å². The Labute approximate surface area is 119 Å². The van der Waals surface area contributed by atoms with Gasteiger partial charge in [-0.25, -0.2) is 0 Å². The SMILES string of the molecule is Cc1cc(C(F)(F)F)ncc1-c1cnc2c(c1)C=NCC2. The topological polar surface area (TPSA) is 38.1 Å². The first-order chi connectivity index (χ1) is 9.95. The molecule has 21 heavy (non-hydrogen) atoms. The zero-order valence-corrected chi connectivity index (χ0v) is 11.3. The molecule has 108 valence electrons. The van der Waals surface area contributed by atoms with Gasteiger partial charge in [-0.15, -0.1) is 0 Å². The van der Waals surface area contributed by atoms with Crippen molar-refractivity contribution in [3.8, 4) is 11.1 Å². The van der Waals surface area contributed by atoms with Crippen molar-refractivity contribution in [1.29, 1.82) is 0 Å². The Morgan fingerprint density at radius 3 is 2.62 bits per heavy atom. The van der Waals surface area contributed by atoms with Crippen LogP contribution in [-0.2, 0) is 12.6 Å². The lowest BCUT2D eigenvalue weighted by Gasteiger charge is -2.13. The van der Waals surface area contributed by atoms with Crippen LogP contribution in [0.3, 0.4) is 0 Å². The van der Waals surface area contributed by atoms with Gasteiger partial charge in [0.25, 0.3) is 0 Å². The van der Waals surface area contributed by atoms with Gasteiger partial charge < -0.3 is 0 Å². The standard InChI is InChI=1S/C15H12F3N3/c1-9-4-14(15(16,17)18)21-8-12(9)10-5-11-6-19-3-2-13(11)20-7-10/h4-8H,2-3H2,1H3. The Balaban J connectivity index is 2.04. The summed E-state index contributed by atoms with van der Waals surface area (Å²) < 4.78 is 37.9. The summed E-state index contributed by atoms with van der Waals surface area (Å²) in [7, 11) is 0. The highest BCUT2D eigenvalue weighted by Gasteiger charge is 2.32. The van der Waals surface area contributed by atoms with E-state index >= 15 is 0 Å². The van der Waals surface area contributed by atoms with E-state index in [0.29, 0.717) is 11.1 Å². The Kier molecular flexibility index (Phi) is 3.23. The van der Waals surface area contributed by atoms with Gasteiger partial charge in [0.2, 0.25) is 0 Å². The molecule has 0 amide bonds. The average molecular weight is 291 g/mol. The molecule has 3 heterocycles. The van der Waals surface area contributed by atoms with Gasteiger partial charge in [-0.1, -0.05) is 0 Å². The number of nitrogens with zero attached hydrogens (tertiary/aromatic N) is 3. The molecule has 0 atom stereocenters. The first-order valence-corrected chi connectivity index (χ1v) is 6.48. The summed E-state index contributed by atoms with van der Waals surface area (Å²) in [5, 5.41) is 0. The fourth-order valence-corrected chi connectivity index (χ4v) is 2.32. The smallest absolute Gasteiger partial charge is 0.292 e. The average Bonchev–Trinajstić information content (AvgIpc) is 2.45. The highest BCUT2D eigenvalue weighted by atomic mass is 19.4. The molecule has 0 bridgehead atoms. The molecule has 6 heteroatoms. The third kappa shape index (κ3) is 2.66. The summed E-state index contributed by atoms with van der Waals surface area (Å²) in [5.41, 5.74) is 2.92. The number of hydrogen-bond donors (Lipinski definition) is 0. The molecule has 2 aromatic rings. The van der Waals surface area contributed by atoms with Crippen molar-refractivity contribution in [3.05, 3.63) is 47.0 Å². The molecule has 0 N–H and O–H groups in total. The summed E-state index contributed by atoms with van der Waals surface area (Å²) in [5.74, 6) is 0. The summed E-state index contributed by atoms with van der Waals surface area (Å²) in [6.45, 7) is 2.36. The quantitative estimate of drug-likeness (QED) is 0.807. The Hall–Kier alpha value is -2.24. The van der Waals surface area contributed by atoms with E-state index in [-0.39, 0.29) is 0 Å². The fourth-order valence-electron chi connectivity index (χ4n) is 2.32. The Morgan fingerprint density at radius 1 is 1.10 bits per heavy atom. The first kappa shape index (κ1) is 13.7. The van der Waals surface area contributed by atoms with Crippen molar-refractivity contribution in [2.45, 2.75) is 19.5 Å². The molecular formula is C15H12F3N3. The number of pyridine rings is 2. The number of aliphatic imine (C=N–C) groups is 1. The highest BCUT2D eigenvalue weighted by molar-refractivity contribution is 5.84. The Bertz CT molecular complexity index is 721. The van der Waals surface area contributed by atoms with Gasteiger partial charge in [-0.05, 0) is 24.6 Å². The summed E-state index contributed by atoms with van der Waals surface area (Å²) >= 11 is 0. The molecular weight excluding hydrogens is 279 g/mol. The van der Waals surface area contributed by atoms with E-state index in [1.807, 2.05) is 6.07 Å². The lowest BCUT2D eigenvalue weighted by molar-refractivity contribution is -0.141. The lowest BCUT2D eigenvalue weighted by Crippen LogP contribution is -2.09. The van der Waals surface area contributed by atoms with Crippen LogP contribution < -0.4 is 0 Å². The van der Waals surface area contributed by atoms with Crippen molar-refractivity contribution in [1.82, 2.24) is 9.97 Å². The third-order valence-electron chi connectivity index (χ3n) is 3.42. The van der Waals surface area contributed by atoms with Crippen LogP contribution in [0, 0.1) is 6.92 Å². The van der Waals surface area contributed by atoms with Gasteiger partial charge in [-0.2, -0.15) is 13.2 Å². The molecule has 2 aromatic heterocycles. The van der Waals surface area contributed by atoms with Gasteiger partial charge in [0.1, 0.15) is 5.69 Å². The predicted molar refractivity (Wildman–Crippen MR) is 73.4 cm³/mol. The molecule has 0 saturated carbocycles. The number of fused-ring (bicyclic) bond motifs is 1. The van der Waals surface area contributed by atoms with E-state index in [1.165, 1.54) is 6.20 Å². The first-order valence-electron chi connectivity index (χ1n) is 6.48. The van der Waals surface area contributed by atoms with Crippen LogP contribution in [0.5, 0.6) is 0 Å². The van der Waals surface area contributed by atoms with Crippen molar-refractivity contribution in [2.75, 3.05) is 6.54 Å². The van der Waals surface area contributed by atoms with Crippen LogP contribution in [0.15, 0.2) is 29.5 Å². The van der Waals surface area contributed by atoms with Gasteiger partial charge in [-0.3, -0.25) is 15.0 Å². The van der Waals surface area contributed by atoms with Gasteiger partial charge in [0, 0.05) is 48.3 Å². The van der Waals surface area contributed by atoms with Crippen LogP contribution in [0.4, 0.5) is 13.2 Å². The lowest BCUT2D eigenvalue weighted by atomic mass is 10.00. The molecule has 3 rings (SSSR count). The zero-order valence-electron chi connectivity index (χ0n) is 11.3. The summed E-state index contributed by atoms with van der Waals surface area (Å²) in [6, 6.07) is 2.95. The van der Waals surface area contributed by atoms with Crippen molar-refractivity contribution in [2.24, 2.45) is 4.99 Å². The van der Waals surface area contributed by atoms with Crippen molar-refractivity contribution >= 4 is 6.21 Å². The summed E-state index contributed by atoms with van der Waals surface area (Å²) in [4.78, 5) is 12.1. The molecule has 0 saturated heterocycles. The van der Waals surface area contributed by atoms with Crippen molar-refractivity contribution in [3.63, 3.8) is 0 Å². The third-order valence-corrected chi connectivity index (χ3v) is 3.42. The fraction of sp³-hybridized carbons (Fsp3) is 0.267. The van der Waals surface area contributed by atoms with Crippen LogP contribution >= 0.6 is 0 Å². The molecule has 0 unspecified atom stereocenters. The van der Waals surface area contributed by atoms with Gasteiger partial charge in [0.15, 0.2) is 0 Å². The molecule has 0 radical (unpaired) electrons. The molecule has 0 aliphatic carbocycles. The van der Waals surface area contributed by atoms with Gasteiger partial charge >= 0.3 is 6.18 Å². The monoisotopic (exact) mass is 291 g/mol. The Morgan fingerprint density at radius 2 is 1.90 bits per heavy atom. The van der Waals surface area contributed by atoms with E-state index in [4.69, 9.17) is 0 Å². The molecule has 1 aliphatic rings. The number of halogens is 3. The second-order valence-electron chi connectivity index (χ2n) is 4.93. The zero-order chi connectivity index (χ0) is 15.0. The van der Waals surface area contributed by atoms with E-state index in [1.54, 1.807) is 19.3 Å². The highest BCUT2D eigenvalue weighted by Crippen LogP contribution is 2.31. The molecule has 0 aromatic carbocycles. The van der Waals surface area contributed by atoms with E-state index in [0.717, 1.165) is 35.9 Å². The molecule has 0 fully saturated rings. The maximum atomic E-state index is 12.6. The number of rotatable bonds is 1. The largest absolute Gasteiger partial charge is 0.433 e.